The minimum atomic E-state index is -0.434. The summed E-state index contributed by atoms with van der Waals surface area (Å²) in [5.74, 6) is 0. The topological polar surface area (TPSA) is 54.0 Å². The van der Waals surface area contributed by atoms with Crippen LogP contribution in [0.25, 0.3) is 0 Å². The van der Waals surface area contributed by atoms with Crippen molar-refractivity contribution < 1.29 is 14.3 Å². The second kappa shape index (κ2) is 10.1. The molecule has 6 nitrogen and oxygen atoms in total. The number of nitrogens with one attached hydrogen (secondary N) is 1. The van der Waals surface area contributed by atoms with Crippen LogP contribution in [0.3, 0.4) is 0 Å². The molecule has 136 valence electrons. The maximum absolute atomic E-state index is 12.3. The van der Waals surface area contributed by atoms with Crippen molar-refractivity contribution in [1.82, 2.24) is 15.1 Å². The van der Waals surface area contributed by atoms with E-state index in [4.69, 9.17) is 9.47 Å². The van der Waals surface area contributed by atoms with Gasteiger partial charge in [0.15, 0.2) is 0 Å². The van der Waals surface area contributed by atoms with Crippen molar-refractivity contribution in [2.75, 3.05) is 53.5 Å². The van der Waals surface area contributed by atoms with E-state index in [1.807, 2.05) is 25.7 Å². The fourth-order valence-corrected chi connectivity index (χ4v) is 2.67. The molecule has 0 spiro atoms. The highest BCUT2D eigenvalue weighted by molar-refractivity contribution is 5.68. The first-order valence-corrected chi connectivity index (χ1v) is 8.71. The van der Waals surface area contributed by atoms with E-state index < -0.39 is 5.60 Å². The summed E-state index contributed by atoms with van der Waals surface area (Å²) in [6, 6.07) is 0.239. The lowest BCUT2D eigenvalue weighted by atomic mass is 10.0. The minimum absolute atomic E-state index is 0.179. The highest BCUT2D eigenvalue weighted by Gasteiger charge is 2.30. The average Bonchev–Trinajstić information content (AvgIpc) is 2.48. The van der Waals surface area contributed by atoms with Gasteiger partial charge in [-0.05, 0) is 47.1 Å². The number of piperidine rings is 1. The molecule has 0 saturated carbocycles. The van der Waals surface area contributed by atoms with Crippen molar-refractivity contribution in [3.8, 4) is 0 Å². The minimum Gasteiger partial charge on any atom is -0.444 e. The van der Waals surface area contributed by atoms with Crippen molar-refractivity contribution in [3.63, 3.8) is 0 Å². The highest BCUT2D eigenvalue weighted by atomic mass is 16.6. The number of carbonyl (C=O) groups excluding carboxylic acids is 1. The van der Waals surface area contributed by atoms with E-state index in [2.05, 4.69) is 17.3 Å². The van der Waals surface area contributed by atoms with Gasteiger partial charge in [-0.1, -0.05) is 0 Å². The van der Waals surface area contributed by atoms with Gasteiger partial charge < -0.3 is 24.6 Å². The van der Waals surface area contributed by atoms with Crippen LogP contribution < -0.4 is 5.32 Å². The maximum atomic E-state index is 12.3. The number of hydrogen-bond donors (Lipinski definition) is 1. The molecule has 23 heavy (non-hydrogen) atoms. The highest BCUT2D eigenvalue weighted by Crippen LogP contribution is 2.19. The summed E-state index contributed by atoms with van der Waals surface area (Å²) in [5.41, 5.74) is -0.434. The molecule has 1 aliphatic heterocycles. The Kier molecular flexibility index (Phi) is 8.87. The van der Waals surface area contributed by atoms with Crippen LogP contribution in [-0.2, 0) is 9.47 Å². The van der Waals surface area contributed by atoms with Gasteiger partial charge in [0.1, 0.15) is 5.60 Å². The second-order valence-electron chi connectivity index (χ2n) is 7.32. The van der Waals surface area contributed by atoms with Crippen molar-refractivity contribution in [2.24, 2.45) is 0 Å². The van der Waals surface area contributed by atoms with Gasteiger partial charge in [-0.2, -0.15) is 0 Å². The van der Waals surface area contributed by atoms with Crippen LogP contribution in [0.4, 0.5) is 4.79 Å². The molecule has 1 amide bonds. The van der Waals surface area contributed by atoms with E-state index in [-0.39, 0.29) is 12.1 Å². The molecule has 1 atom stereocenters. The lowest BCUT2D eigenvalue weighted by Gasteiger charge is -2.37. The Hall–Kier alpha value is -0.850. The Balaban J connectivity index is 2.33. The number of ether oxygens (including phenoxy) is 2. The van der Waals surface area contributed by atoms with Gasteiger partial charge in [0.05, 0.1) is 6.61 Å². The van der Waals surface area contributed by atoms with E-state index >= 15 is 0 Å². The number of rotatable bonds is 8. The number of methoxy groups -OCH3 is 1. The summed E-state index contributed by atoms with van der Waals surface area (Å²) in [6.07, 6.45) is 3.11. The Labute approximate surface area is 141 Å². The van der Waals surface area contributed by atoms with Gasteiger partial charge in [0, 0.05) is 45.9 Å². The molecule has 1 rings (SSSR count). The molecule has 0 bridgehead atoms. The monoisotopic (exact) mass is 329 g/mol. The molecule has 0 aliphatic carbocycles. The van der Waals surface area contributed by atoms with E-state index in [1.165, 1.54) is 6.42 Å². The fraction of sp³-hybridized carbons (Fsp3) is 0.941. The van der Waals surface area contributed by atoms with Gasteiger partial charge in [-0.3, -0.25) is 0 Å². The number of carbonyl (C=O) groups is 1. The van der Waals surface area contributed by atoms with Crippen LogP contribution in [0.1, 0.15) is 40.0 Å². The summed E-state index contributed by atoms with van der Waals surface area (Å²) in [4.78, 5) is 16.5. The zero-order valence-electron chi connectivity index (χ0n) is 15.6. The zero-order valence-corrected chi connectivity index (χ0v) is 15.6. The smallest absolute Gasteiger partial charge is 0.410 e. The summed E-state index contributed by atoms with van der Waals surface area (Å²) in [5, 5.41) is 3.48. The van der Waals surface area contributed by atoms with E-state index in [1.54, 1.807) is 7.11 Å². The van der Waals surface area contributed by atoms with E-state index in [9.17, 15) is 4.79 Å². The molecule has 1 unspecified atom stereocenters. The number of nitrogens with zero attached hydrogens (tertiary/aromatic N) is 2. The summed E-state index contributed by atoms with van der Waals surface area (Å²) in [7, 11) is 3.81. The quantitative estimate of drug-likeness (QED) is 0.690. The van der Waals surface area contributed by atoms with Gasteiger partial charge in [-0.25, -0.2) is 4.79 Å². The zero-order chi connectivity index (χ0) is 17.3. The molecule has 1 N–H and O–H groups in total. The van der Waals surface area contributed by atoms with Crippen LogP contribution in [0.5, 0.6) is 0 Å². The standard InChI is InChI=1S/C17H35N3O3/c1-17(2,3)23-16(21)20-10-7-6-8-15(20)14-18-9-11-19(4)12-13-22-5/h15,18H,6-14H2,1-5H3. The molecule has 1 saturated heterocycles. The predicted octanol–water partition coefficient (Wildman–Crippen LogP) is 1.94. The van der Waals surface area contributed by atoms with Crippen LogP contribution >= 0.6 is 0 Å². The number of likely N-dealkylation sites (N-methyl/N-ethyl adjacent to an activating group) is 1. The van der Waals surface area contributed by atoms with E-state index in [0.717, 1.165) is 52.2 Å². The lowest BCUT2D eigenvalue weighted by Crippen LogP contribution is -2.50. The SMILES string of the molecule is COCCN(C)CCNCC1CCCCN1C(=O)OC(C)(C)C. The molecular weight excluding hydrogens is 294 g/mol. The normalized spacial score (nSPS) is 19.2. The molecule has 0 radical (unpaired) electrons. The first-order chi connectivity index (χ1) is 10.8. The fourth-order valence-electron chi connectivity index (χ4n) is 2.67. The molecule has 1 heterocycles. The molecular formula is C17H35N3O3. The Morgan fingerprint density at radius 3 is 2.70 bits per heavy atom. The molecule has 1 aliphatic rings. The second-order valence-corrected chi connectivity index (χ2v) is 7.32. The predicted molar refractivity (Wildman–Crippen MR) is 92.8 cm³/mol. The summed E-state index contributed by atoms with van der Waals surface area (Å²) in [6.45, 7) is 11.0. The van der Waals surface area contributed by atoms with Crippen LogP contribution in [0, 0.1) is 0 Å². The average molecular weight is 329 g/mol. The molecule has 0 aromatic rings. The van der Waals surface area contributed by atoms with E-state index in [0.29, 0.717) is 0 Å². The largest absolute Gasteiger partial charge is 0.444 e. The Bertz CT molecular complexity index is 344. The molecule has 6 heteroatoms. The van der Waals surface area contributed by atoms with Gasteiger partial charge in [-0.15, -0.1) is 0 Å². The summed E-state index contributed by atoms with van der Waals surface area (Å²) < 4.78 is 10.6. The first kappa shape index (κ1) is 20.2. The van der Waals surface area contributed by atoms with Crippen LogP contribution in [0.2, 0.25) is 0 Å². The Morgan fingerprint density at radius 1 is 1.30 bits per heavy atom. The summed E-state index contributed by atoms with van der Waals surface area (Å²) >= 11 is 0. The van der Waals surface area contributed by atoms with Gasteiger partial charge in [0.2, 0.25) is 0 Å². The third-order valence-electron chi connectivity index (χ3n) is 3.98. The van der Waals surface area contributed by atoms with Crippen molar-refractivity contribution >= 4 is 6.09 Å². The molecule has 1 fully saturated rings. The number of likely N-dealkylation sites (tertiary alicyclic amines) is 1. The van der Waals surface area contributed by atoms with Gasteiger partial charge in [0.25, 0.3) is 0 Å². The van der Waals surface area contributed by atoms with Crippen molar-refractivity contribution in [3.05, 3.63) is 0 Å². The van der Waals surface area contributed by atoms with Crippen LogP contribution in [0.15, 0.2) is 0 Å². The maximum Gasteiger partial charge on any atom is 0.410 e. The number of hydrogen-bond acceptors (Lipinski definition) is 5. The van der Waals surface area contributed by atoms with Gasteiger partial charge >= 0.3 is 6.09 Å². The van der Waals surface area contributed by atoms with Crippen molar-refractivity contribution in [2.45, 2.75) is 51.7 Å². The molecule has 0 aromatic carbocycles. The Morgan fingerprint density at radius 2 is 2.04 bits per heavy atom. The van der Waals surface area contributed by atoms with Crippen LogP contribution in [-0.4, -0.2) is 81.0 Å². The third kappa shape index (κ3) is 8.53. The first-order valence-electron chi connectivity index (χ1n) is 8.71. The van der Waals surface area contributed by atoms with Crippen molar-refractivity contribution in [1.29, 1.82) is 0 Å². The molecule has 0 aromatic heterocycles. The third-order valence-corrected chi connectivity index (χ3v) is 3.98. The number of amides is 1. The lowest BCUT2D eigenvalue weighted by molar-refractivity contribution is 0.00992.